The second-order valence-corrected chi connectivity index (χ2v) is 9.63. The maximum absolute atomic E-state index is 13.1. The van der Waals surface area contributed by atoms with Crippen LogP contribution in [0.4, 0.5) is 5.69 Å². The molecule has 1 fully saturated rings. The molecule has 0 aliphatic carbocycles. The Balaban J connectivity index is 1.81. The fraction of sp³-hybridized carbons (Fsp3) is 0.350. The summed E-state index contributed by atoms with van der Waals surface area (Å²) in [7, 11) is -0.616. The molecular formula is C20H22Cl2N2O4S. The summed E-state index contributed by atoms with van der Waals surface area (Å²) in [5.41, 5.74) is 0.687. The van der Waals surface area contributed by atoms with Crippen molar-refractivity contribution < 1.29 is 17.9 Å². The van der Waals surface area contributed by atoms with Gasteiger partial charge < -0.3 is 9.64 Å². The lowest BCUT2D eigenvalue weighted by Crippen LogP contribution is -2.46. The van der Waals surface area contributed by atoms with Crippen molar-refractivity contribution in [2.45, 2.75) is 17.7 Å². The number of hydrogen-bond donors (Lipinski definition) is 0. The number of piperidine rings is 1. The van der Waals surface area contributed by atoms with E-state index in [2.05, 4.69) is 0 Å². The van der Waals surface area contributed by atoms with Crippen molar-refractivity contribution in [3.63, 3.8) is 0 Å². The fourth-order valence-corrected chi connectivity index (χ4v) is 5.66. The van der Waals surface area contributed by atoms with Crippen LogP contribution in [-0.4, -0.2) is 45.9 Å². The molecule has 2 aromatic rings. The summed E-state index contributed by atoms with van der Waals surface area (Å²) >= 11 is 12.1. The van der Waals surface area contributed by atoms with E-state index in [1.54, 1.807) is 32.4 Å². The molecule has 0 spiro atoms. The van der Waals surface area contributed by atoms with Gasteiger partial charge in [0.1, 0.15) is 10.6 Å². The minimum Gasteiger partial charge on any atom is -0.497 e. The molecular weight excluding hydrogens is 435 g/mol. The summed E-state index contributed by atoms with van der Waals surface area (Å²) in [4.78, 5) is 14.5. The molecule has 1 heterocycles. The first-order chi connectivity index (χ1) is 13.7. The first-order valence-corrected chi connectivity index (χ1v) is 11.3. The van der Waals surface area contributed by atoms with Gasteiger partial charge in [-0.15, -0.1) is 0 Å². The van der Waals surface area contributed by atoms with E-state index >= 15 is 0 Å². The summed E-state index contributed by atoms with van der Waals surface area (Å²) in [5.74, 6) is 0.0497. The fourth-order valence-electron chi connectivity index (χ4n) is 3.40. The normalized spacial score (nSPS) is 17.7. The number of ether oxygens (including phenoxy) is 1. The summed E-state index contributed by atoms with van der Waals surface area (Å²) in [6.07, 6.45) is 1.20. The number of anilines is 1. The number of rotatable bonds is 5. The highest BCUT2D eigenvalue weighted by molar-refractivity contribution is 7.89. The topological polar surface area (TPSA) is 66.9 Å². The third kappa shape index (κ3) is 4.69. The Kier molecular flexibility index (Phi) is 6.73. The first-order valence-electron chi connectivity index (χ1n) is 9.11. The molecule has 1 aliphatic rings. The molecule has 0 radical (unpaired) electrons. The van der Waals surface area contributed by atoms with E-state index in [1.807, 2.05) is 6.07 Å². The molecule has 0 N–H and O–H groups in total. The largest absolute Gasteiger partial charge is 0.497 e. The number of carbonyl (C=O) groups is 1. The highest BCUT2D eigenvalue weighted by Crippen LogP contribution is 2.31. The van der Waals surface area contributed by atoms with E-state index in [0.29, 0.717) is 30.8 Å². The average molecular weight is 457 g/mol. The van der Waals surface area contributed by atoms with Crippen molar-refractivity contribution in [3.8, 4) is 5.75 Å². The predicted molar refractivity (Wildman–Crippen MR) is 114 cm³/mol. The zero-order valence-corrected chi connectivity index (χ0v) is 18.5. The van der Waals surface area contributed by atoms with Crippen LogP contribution in [0.3, 0.4) is 0 Å². The second kappa shape index (κ2) is 8.92. The maximum Gasteiger partial charge on any atom is 0.244 e. The van der Waals surface area contributed by atoms with Gasteiger partial charge >= 0.3 is 0 Å². The van der Waals surface area contributed by atoms with E-state index in [9.17, 15) is 13.2 Å². The lowest BCUT2D eigenvalue weighted by Gasteiger charge is -2.33. The molecule has 1 aliphatic heterocycles. The van der Waals surface area contributed by atoms with Crippen LogP contribution in [0.2, 0.25) is 10.0 Å². The number of nitrogens with zero attached hydrogens (tertiary/aromatic N) is 2. The third-order valence-corrected chi connectivity index (χ3v) is 7.60. The summed E-state index contributed by atoms with van der Waals surface area (Å²) < 4.78 is 32.7. The molecule has 0 saturated carbocycles. The minimum atomic E-state index is -3.86. The molecule has 0 unspecified atom stereocenters. The molecule has 2 aromatic carbocycles. The average Bonchev–Trinajstić information content (AvgIpc) is 2.74. The van der Waals surface area contributed by atoms with Gasteiger partial charge in [-0.1, -0.05) is 29.3 Å². The molecule has 0 bridgehead atoms. The number of sulfonamides is 1. The van der Waals surface area contributed by atoms with Crippen molar-refractivity contribution in [3.05, 3.63) is 52.5 Å². The summed E-state index contributed by atoms with van der Waals surface area (Å²) in [6, 6.07) is 11.5. The number of amides is 1. The maximum atomic E-state index is 13.1. The van der Waals surface area contributed by atoms with Crippen LogP contribution >= 0.6 is 23.2 Å². The molecule has 29 heavy (non-hydrogen) atoms. The Hall–Kier alpha value is -1.80. The number of benzene rings is 2. The van der Waals surface area contributed by atoms with Gasteiger partial charge in [0, 0.05) is 36.9 Å². The Morgan fingerprint density at radius 1 is 1.21 bits per heavy atom. The molecule has 0 aromatic heterocycles. The summed E-state index contributed by atoms with van der Waals surface area (Å²) in [6.45, 7) is 0.427. The Morgan fingerprint density at radius 2 is 1.97 bits per heavy atom. The lowest BCUT2D eigenvalue weighted by atomic mass is 9.98. The van der Waals surface area contributed by atoms with E-state index in [4.69, 9.17) is 27.9 Å². The van der Waals surface area contributed by atoms with Crippen LogP contribution in [0.1, 0.15) is 12.8 Å². The van der Waals surface area contributed by atoms with Crippen molar-refractivity contribution >= 4 is 44.8 Å². The van der Waals surface area contributed by atoms with E-state index < -0.39 is 15.9 Å². The van der Waals surface area contributed by atoms with Crippen molar-refractivity contribution in [1.82, 2.24) is 4.31 Å². The van der Waals surface area contributed by atoms with Gasteiger partial charge in [0.2, 0.25) is 15.9 Å². The monoisotopic (exact) mass is 456 g/mol. The van der Waals surface area contributed by atoms with E-state index in [1.165, 1.54) is 27.4 Å². The smallest absolute Gasteiger partial charge is 0.244 e. The van der Waals surface area contributed by atoms with Crippen LogP contribution in [-0.2, 0) is 14.8 Å². The highest BCUT2D eigenvalue weighted by atomic mass is 35.5. The number of methoxy groups -OCH3 is 1. The van der Waals surface area contributed by atoms with E-state index in [0.717, 1.165) is 0 Å². The second-order valence-electron chi connectivity index (χ2n) is 6.88. The quantitative estimate of drug-likeness (QED) is 0.679. The molecule has 6 nitrogen and oxygen atoms in total. The molecule has 1 saturated heterocycles. The first kappa shape index (κ1) is 21.9. The van der Waals surface area contributed by atoms with Crippen LogP contribution in [0, 0.1) is 5.92 Å². The Labute approximate surface area is 181 Å². The summed E-state index contributed by atoms with van der Waals surface area (Å²) in [5, 5.41) is 0.395. The molecule has 1 amide bonds. The van der Waals surface area contributed by atoms with Gasteiger partial charge in [0.15, 0.2) is 0 Å². The van der Waals surface area contributed by atoms with E-state index in [-0.39, 0.29) is 27.4 Å². The van der Waals surface area contributed by atoms with Crippen molar-refractivity contribution in [2.24, 2.45) is 5.92 Å². The van der Waals surface area contributed by atoms with Gasteiger partial charge in [-0.3, -0.25) is 4.79 Å². The molecule has 9 heteroatoms. The Bertz CT molecular complexity index is 1010. The van der Waals surface area contributed by atoms with Crippen LogP contribution in [0.15, 0.2) is 47.4 Å². The third-order valence-electron chi connectivity index (χ3n) is 5.02. The molecule has 3 rings (SSSR count). The van der Waals surface area contributed by atoms with Gasteiger partial charge in [0.05, 0.1) is 18.1 Å². The zero-order chi connectivity index (χ0) is 21.2. The van der Waals surface area contributed by atoms with Crippen LogP contribution in [0.5, 0.6) is 5.75 Å². The van der Waals surface area contributed by atoms with Gasteiger partial charge in [-0.25, -0.2) is 8.42 Å². The zero-order valence-electron chi connectivity index (χ0n) is 16.1. The van der Waals surface area contributed by atoms with Crippen molar-refractivity contribution in [2.75, 3.05) is 32.1 Å². The predicted octanol–water partition coefficient (Wildman–Crippen LogP) is 4.07. The molecule has 1 atom stereocenters. The standard InChI is InChI=1S/C20H22Cl2N2O4S/c1-23(16-6-3-7-17(12-16)28-2)20(25)14-5-4-10-24(13-14)29(26,27)19-11-15(21)8-9-18(19)22/h3,6-9,11-12,14H,4-5,10,13H2,1-2H3/t14-/m0/s1. The number of halogens is 2. The van der Waals surface area contributed by atoms with Gasteiger partial charge in [0.25, 0.3) is 0 Å². The van der Waals surface area contributed by atoms with Gasteiger partial charge in [-0.05, 0) is 43.2 Å². The van der Waals surface area contributed by atoms with Crippen LogP contribution < -0.4 is 9.64 Å². The molecule has 156 valence electrons. The number of carbonyl (C=O) groups excluding carboxylic acids is 1. The van der Waals surface area contributed by atoms with Crippen molar-refractivity contribution in [1.29, 1.82) is 0 Å². The SMILES string of the molecule is COc1cccc(N(C)C(=O)[C@H]2CCCN(S(=O)(=O)c3cc(Cl)ccc3Cl)C2)c1. The highest BCUT2D eigenvalue weighted by Gasteiger charge is 2.35. The van der Waals surface area contributed by atoms with Crippen LogP contribution in [0.25, 0.3) is 0 Å². The number of hydrogen-bond acceptors (Lipinski definition) is 4. The minimum absolute atomic E-state index is 0.0408. The van der Waals surface area contributed by atoms with Gasteiger partial charge in [-0.2, -0.15) is 4.31 Å². The Morgan fingerprint density at radius 3 is 2.69 bits per heavy atom. The lowest BCUT2D eigenvalue weighted by molar-refractivity contribution is -0.123.